The monoisotopic (exact) mass is 234 g/mol. The van der Waals surface area contributed by atoms with Crippen LogP contribution in [0.2, 0.25) is 9.36 Å². The number of H-pyrrole nitrogens is 1. The highest BCUT2D eigenvalue weighted by atomic mass is 35.5. The minimum atomic E-state index is 0.408. The molecule has 4 nitrogen and oxygen atoms in total. The smallest absolute Gasteiger partial charge is 0.202 e. The van der Waals surface area contributed by atoms with E-state index in [-0.39, 0.29) is 0 Å². The number of aromatic amines is 1. The van der Waals surface area contributed by atoms with Crippen LogP contribution in [0.25, 0.3) is 11.5 Å². The molecule has 0 aliphatic rings. The lowest BCUT2D eigenvalue weighted by Gasteiger charge is -1.86. The summed E-state index contributed by atoms with van der Waals surface area (Å²) in [6.07, 6.45) is 0. The first kappa shape index (κ1) is 8.93. The van der Waals surface area contributed by atoms with E-state index < -0.39 is 0 Å². The Morgan fingerprint density at radius 1 is 1.38 bits per heavy atom. The van der Waals surface area contributed by atoms with Gasteiger partial charge in [-0.1, -0.05) is 23.2 Å². The molecular weight excluding hydrogens is 231 g/mol. The molecule has 0 saturated heterocycles. The van der Waals surface area contributed by atoms with E-state index in [9.17, 15) is 0 Å². The summed E-state index contributed by atoms with van der Waals surface area (Å²) in [5.41, 5.74) is 0.529. The van der Waals surface area contributed by atoms with Gasteiger partial charge in [-0.05, 0) is 18.5 Å². The zero-order valence-electron chi connectivity index (χ0n) is 6.51. The summed E-state index contributed by atoms with van der Waals surface area (Å²) in [4.78, 5) is 4.09. The molecule has 0 bridgehead atoms. The van der Waals surface area contributed by atoms with Gasteiger partial charge in [-0.25, -0.2) is 4.98 Å². The second kappa shape index (κ2) is 3.25. The number of nitrogens with zero attached hydrogens (tertiary/aromatic N) is 3. The second-order valence-corrected chi connectivity index (χ2v) is 4.12. The highest BCUT2D eigenvalue weighted by Gasteiger charge is 2.15. The standard InChI is InChI=1S/C6H4Cl2N4S/c1-2-9-6(11-10-2)4-3(7)5(8)13-12-4/h1H3,(H,9,10,11). The van der Waals surface area contributed by atoms with Gasteiger partial charge in [-0.15, -0.1) is 0 Å². The molecule has 0 aliphatic heterocycles. The van der Waals surface area contributed by atoms with Gasteiger partial charge in [0.25, 0.3) is 0 Å². The van der Waals surface area contributed by atoms with Crippen molar-refractivity contribution in [3.8, 4) is 11.5 Å². The maximum Gasteiger partial charge on any atom is 0.202 e. The molecule has 2 heterocycles. The van der Waals surface area contributed by atoms with Crippen LogP contribution in [0, 0.1) is 6.92 Å². The minimum absolute atomic E-state index is 0.408. The van der Waals surface area contributed by atoms with Gasteiger partial charge < -0.3 is 0 Å². The van der Waals surface area contributed by atoms with Crippen molar-refractivity contribution in [3.63, 3.8) is 0 Å². The van der Waals surface area contributed by atoms with Gasteiger partial charge in [0.15, 0.2) is 0 Å². The van der Waals surface area contributed by atoms with Crippen molar-refractivity contribution in [3.05, 3.63) is 15.2 Å². The first-order valence-corrected chi connectivity index (χ1v) is 4.91. The van der Waals surface area contributed by atoms with E-state index >= 15 is 0 Å². The lowest BCUT2D eigenvalue weighted by atomic mass is 10.4. The predicted molar refractivity (Wildman–Crippen MR) is 52.2 cm³/mol. The lowest BCUT2D eigenvalue weighted by Crippen LogP contribution is -1.80. The fraction of sp³-hybridized carbons (Fsp3) is 0.167. The summed E-state index contributed by atoms with van der Waals surface area (Å²) in [6.45, 7) is 1.80. The third-order valence-electron chi connectivity index (χ3n) is 1.41. The first-order valence-electron chi connectivity index (χ1n) is 3.38. The van der Waals surface area contributed by atoms with Gasteiger partial charge in [0, 0.05) is 0 Å². The molecule has 0 aliphatic carbocycles. The fourth-order valence-corrected chi connectivity index (χ4v) is 1.84. The van der Waals surface area contributed by atoms with Crippen molar-refractivity contribution in [2.75, 3.05) is 0 Å². The lowest BCUT2D eigenvalue weighted by molar-refractivity contribution is 1.04. The molecule has 2 aromatic heterocycles. The number of nitrogens with one attached hydrogen (secondary N) is 1. The number of rotatable bonds is 1. The molecule has 0 aromatic carbocycles. The minimum Gasteiger partial charge on any atom is -0.263 e. The van der Waals surface area contributed by atoms with Crippen molar-refractivity contribution in [1.82, 2.24) is 19.6 Å². The highest BCUT2D eigenvalue weighted by molar-refractivity contribution is 7.11. The maximum atomic E-state index is 5.87. The maximum absolute atomic E-state index is 5.87. The van der Waals surface area contributed by atoms with Crippen LogP contribution in [-0.2, 0) is 0 Å². The number of halogens is 2. The summed E-state index contributed by atoms with van der Waals surface area (Å²) < 4.78 is 4.49. The zero-order valence-corrected chi connectivity index (χ0v) is 8.83. The average Bonchev–Trinajstić information content (AvgIpc) is 2.62. The Morgan fingerprint density at radius 3 is 2.62 bits per heavy atom. The SMILES string of the molecule is Cc1nc(-c2nsc(Cl)c2Cl)n[nH]1. The quantitative estimate of drug-likeness (QED) is 0.826. The number of aromatic nitrogens is 4. The van der Waals surface area contributed by atoms with Crippen LogP contribution in [0.1, 0.15) is 5.82 Å². The topological polar surface area (TPSA) is 54.5 Å². The van der Waals surface area contributed by atoms with Crippen molar-refractivity contribution in [2.45, 2.75) is 6.92 Å². The summed E-state index contributed by atoms with van der Waals surface area (Å²) >= 11 is 12.7. The number of hydrogen-bond donors (Lipinski definition) is 1. The molecule has 0 atom stereocenters. The Kier molecular flexibility index (Phi) is 2.23. The third kappa shape index (κ3) is 1.54. The van der Waals surface area contributed by atoms with Gasteiger partial charge in [0.2, 0.25) is 5.82 Å². The van der Waals surface area contributed by atoms with Crippen LogP contribution in [0.3, 0.4) is 0 Å². The Hall–Kier alpha value is -0.650. The van der Waals surface area contributed by atoms with Crippen LogP contribution in [0.5, 0.6) is 0 Å². The molecular formula is C6H4Cl2N4S. The van der Waals surface area contributed by atoms with E-state index in [1.807, 2.05) is 0 Å². The molecule has 1 N–H and O–H groups in total. The van der Waals surface area contributed by atoms with Gasteiger partial charge >= 0.3 is 0 Å². The Morgan fingerprint density at radius 2 is 2.15 bits per heavy atom. The molecule has 0 unspecified atom stereocenters. The average molecular weight is 235 g/mol. The van der Waals surface area contributed by atoms with E-state index in [4.69, 9.17) is 23.2 Å². The first-order chi connectivity index (χ1) is 6.18. The number of hydrogen-bond acceptors (Lipinski definition) is 4. The Bertz CT molecular complexity index is 436. The molecule has 0 radical (unpaired) electrons. The summed E-state index contributed by atoms with van der Waals surface area (Å²) in [5.74, 6) is 1.20. The van der Waals surface area contributed by atoms with Crippen LogP contribution < -0.4 is 0 Å². The Labute approximate surface area is 88.1 Å². The highest BCUT2D eigenvalue weighted by Crippen LogP contribution is 2.34. The van der Waals surface area contributed by atoms with Gasteiger partial charge in [-0.2, -0.15) is 9.47 Å². The van der Waals surface area contributed by atoms with E-state index in [1.54, 1.807) is 6.92 Å². The van der Waals surface area contributed by atoms with Crippen molar-refractivity contribution >= 4 is 34.7 Å². The van der Waals surface area contributed by atoms with Crippen molar-refractivity contribution in [1.29, 1.82) is 0 Å². The summed E-state index contributed by atoms with van der Waals surface area (Å²) in [6, 6.07) is 0. The van der Waals surface area contributed by atoms with Crippen LogP contribution in [0.15, 0.2) is 0 Å². The molecule has 0 amide bonds. The molecule has 0 saturated carbocycles. The molecule has 13 heavy (non-hydrogen) atoms. The van der Waals surface area contributed by atoms with Gasteiger partial charge in [0.05, 0.1) is 0 Å². The second-order valence-electron chi connectivity index (χ2n) is 2.36. The third-order valence-corrected chi connectivity index (χ3v) is 3.02. The molecule has 0 fully saturated rings. The van der Waals surface area contributed by atoms with Crippen LogP contribution >= 0.6 is 34.7 Å². The fourth-order valence-electron chi connectivity index (χ4n) is 0.847. The van der Waals surface area contributed by atoms with Crippen LogP contribution in [0.4, 0.5) is 0 Å². The molecule has 2 rings (SSSR count). The molecule has 0 spiro atoms. The van der Waals surface area contributed by atoms with Gasteiger partial charge in [0.1, 0.15) is 20.9 Å². The van der Waals surface area contributed by atoms with E-state index in [1.165, 1.54) is 0 Å². The molecule has 68 valence electrons. The summed E-state index contributed by atoms with van der Waals surface area (Å²) in [5, 5.41) is 7.04. The largest absolute Gasteiger partial charge is 0.263 e. The summed E-state index contributed by atoms with van der Waals surface area (Å²) in [7, 11) is 0. The zero-order chi connectivity index (χ0) is 9.42. The molecule has 2 aromatic rings. The van der Waals surface area contributed by atoms with Crippen LogP contribution in [-0.4, -0.2) is 19.6 Å². The number of aryl methyl sites for hydroxylation is 1. The van der Waals surface area contributed by atoms with E-state index in [2.05, 4.69) is 19.6 Å². The molecule has 7 heteroatoms. The van der Waals surface area contributed by atoms with E-state index in [0.717, 1.165) is 17.4 Å². The normalized spacial score (nSPS) is 10.7. The Balaban J connectivity index is 2.52. The van der Waals surface area contributed by atoms with Gasteiger partial charge in [-0.3, -0.25) is 5.10 Å². The predicted octanol–water partition coefficient (Wildman–Crippen LogP) is 2.54. The van der Waals surface area contributed by atoms with Crippen molar-refractivity contribution in [2.24, 2.45) is 0 Å². The van der Waals surface area contributed by atoms with E-state index in [0.29, 0.717) is 20.9 Å². The van der Waals surface area contributed by atoms with Crippen molar-refractivity contribution < 1.29 is 0 Å².